The first-order valence-electron chi connectivity index (χ1n) is 7.27. The van der Waals surface area contributed by atoms with Crippen LogP contribution in [-0.2, 0) is 12.0 Å². The quantitative estimate of drug-likeness (QED) is 0.861. The second-order valence-corrected chi connectivity index (χ2v) is 6.16. The molecular formula is C19H24O. The third-order valence-corrected chi connectivity index (χ3v) is 3.92. The molecule has 20 heavy (non-hydrogen) atoms. The molecule has 1 unspecified atom stereocenters. The lowest BCUT2D eigenvalue weighted by molar-refractivity contribution is 0.0570. The zero-order valence-electron chi connectivity index (χ0n) is 12.9. The topological polar surface area (TPSA) is 20.2 Å². The molecule has 2 aromatic carbocycles. The smallest absolute Gasteiger partial charge is 0.0911 e. The molecule has 1 heteroatoms. The second-order valence-electron chi connectivity index (χ2n) is 6.16. The normalized spacial score (nSPS) is 14.3. The van der Waals surface area contributed by atoms with Crippen LogP contribution in [0.4, 0.5) is 0 Å². The van der Waals surface area contributed by atoms with Crippen LogP contribution in [0.3, 0.4) is 0 Å². The first-order valence-corrected chi connectivity index (χ1v) is 7.27. The second kappa shape index (κ2) is 5.80. The molecule has 0 saturated carbocycles. The molecule has 2 aromatic rings. The molecule has 1 atom stereocenters. The molecule has 0 radical (unpaired) electrons. The van der Waals surface area contributed by atoms with Gasteiger partial charge in [0, 0.05) is 6.42 Å². The highest BCUT2D eigenvalue weighted by atomic mass is 16.3. The molecule has 0 heterocycles. The minimum Gasteiger partial charge on any atom is -0.385 e. The summed E-state index contributed by atoms with van der Waals surface area (Å²) in [5.41, 5.74) is 3.82. The van der Waals surface area contributed by atoms with Gasteiger partial charge in [0.1, 0.15) is 0 Å². The van der Waals surface area contributed by atoms with Crippen molar-refractivity contribution in [3.8, 4) is 0 Å². The molecule has 0 bridgehead atoms. The average Bonchev–Trinajstić information content (AvgIpc) is 2.39. The summed E-state index contributed by atoms with van der Waals surface area (Å²) in [6.07, 6.45) is 0.635. The molecule has 0 aliphatic rings. The van der Waals surface area contributed by atoms with Crippen LogP contribution < -0.4 is 0 Å². The highest BCUT2D eigenvalue weighted by Gasteiger charge is 2.24. The van der Waals surface area contributed by atoms with Crippen LogP contribution in [-0.4, -0.2) is 5.11 Å². The SMILES string of the molecule is Cc1ccccc1C(C)(O)Cc1ccc(C(C)C)cc1. The summed E-state index contributed by atoms with van der Waals surface area (Å²) in [4.78, 5) is 0. The summed E-state index contributed by atoms with van der Waals surface area (Å²) in [6, 6.07) is 16.6. The van der Waals surface area contributed by atoms with Crippen molar-refractivity contribution < 1.29 is 5.11 Å². The van der Waals surface area contributed by atoms with Gasteiger partial charge in [-0.25, -0.2) is 0 Å². The van der Waals surface area contributed by atoms with E-state index in [-0.39, 0.29) is 0 Å². The summed E-state index contributed by atoms with van der Waals surface area (Å²) < 4.78 is 0. The van der Waals surface area contributed by atoms with Gasteiger partial charge >= 0.3 is 0 Å². The van der Waals surface area contributed by atoms with E-state index in [1.165, 1.54) is 11.1 Å². The molecule has 0 spiro atoms. The predicted octanol–water partition coefficient (Wildman–Crippen LogP) is 4.57. The monoisotopic (exact) mass is 268 g/mol. The van der Waals surface area contributed by atoms with Crippen molar-refractivity contribution in [1.82, 2.24) is 0 Å². The van der Waals surface area contributed by atoms with Crippen LogP contribution in [0.25, 0.3) is 0 Å². The van der Waals surface area contributed by atoms with Gasteiger partial charge in [-0.05, 0) is 42.0 Å². The highest BCUT2D eigenvalue weighted by molar-refractivity contribution is 5.33. The van der Waals surface area contributed by atoms with E-state index in [1.54, 1.807) is 0 Å². The number of benzene rings is 2. The third kappa shape index (κ3) is 3.29. The minimum atomic E-state index is -0.829. The Morgan fingerprint density at radius 1 is 1.00 bits per heavy atom. The van der Waals surface area contributed by atoms with Crippen molar-refractivity contribution in [2.45, 2.75) is 45.6 Å². The summed E-state index contributed by atoms with van der Waals surface area (Å²) in [5, 5.41) is 10.8. The summed E-state index contributed by atoms with van der Waals surface area (Å²) in [5.74, 6) is 0.543. The van der Waals surface area contributed by atoms with Crippen molar-refractivity contribution in [1.29, 1.82) is 0 Å². The maximum atomic E-state index is 10.8. The van der Waals surface area contributed by atoms with Gasteiger partial charge < -0.3 is 5.11 Å². The molecule has 0 amide bonds. The molecule has 0 aromatic heterocycles. The van der Waals surface area contributed by atoms with Crippen molar-refractivity contribution in [2.75, 3.05) is 0 Å². The number of hydrogen-bond donors (Lipinski definition) is 1. The fourth-order valence-electron chi connectivity index (χ4n) is 2.69. The fourth-order valence-corrected chi connectivity index (χ4v) is 2.69. The molecule has 0 saturated heterocycles. The van der Waals surface area contributed by atoms with E-state index in [2.05, 4.69) is 38.1 Å². The Kier molecular flexibility index (Phi) is 4.29. The maximum Gasteiger partial charge on any atom is 0.0911 e. The van der Waals surface area contributed by atoms with Gasteiger partial charge in [0.25, 0.3) is 0 Å². The Balaban J connectivity index is 2.22. The van der Waals surface area contributed by atoms with Gasteiger partial charge in [0.05, 0.1) is 5.60 Å². The summed E-state index contributed by atoms with van der Waals surface area (Å²) >= 11 is 0. The molecule has 2 rings (SSSR count). The van der Waals surface area contributed by atoms with Crippen LogP contribution in [0.5, 0.6) is 0 Å². The molecule has 1 nitrogen and oxygen atoms in total. The Hall–Kier alpha value is -1.60. The lowest BCUT2D eigenvalue weighted by atomic mass is 9.86. The molecule has 106 valence electrons. The van der Waals surface area contributed by atoms with E-state index < -0.39 is 5.60 Å². The van der Waals surface area contributed by atoms with Crippen LogP contribution in [0, 0.1) is 6.92 Å². The van der Waals surface area contributed by atoms with Gasteiger partial charge in [-0.2, -0.15) is 0 Å². The number of aryl methyl sites for hydroxylation is 1. The first kappa shape index (κ1) is 14.8. The van der Waals surface area contributed by atoms with Crippen LogP contribution in [0.15, 0.2) is 48.5 Å². The zero-order chi connectivity index (χ0) is 14.8. The van der Waals surface area contributed by atoms with Crippen molar-refractivity contribution in [2.24, 2.45) is 0 Å². The summed E-state index contributed by atoms with van der Waals surface area (Å²) in [7, 11) is 0. The van der Waals surface area contributed by atoms with E-state index in [4.69, 9.17) is 0 Å². The van der Waals surface area contributed by atoms with Gasteiger partial charge in [-0.1, -0.05) is 62.4 Å². The third-order valence-electron chi connectivity index (χ3n) is 3.92. The summed E-state index contributed by atoms with van der Waals surface area (Å²) in [6.45, 7) is 8.33. The minimum absolute atomic E-state index is 0.543. The van der Waals surface area contributed by atoms with Crippen molar-refractivity contribution in [3.05, 3.63) is 70.8 Å². The zero-order valence-corrected chi connectivity index (χ0v) is 12.9. The van der Waals surface area contributed by atoms with Crippen molar-refractivity contribution in [3.63, 3.8) is 0 Å². The van der Waals surface area contributed by atoms with Crippen molar-refractivity contribution >= 4 is 0 Å². The number of rotatable bonds is 4. The number of hydrogen-bond acceptors (Lipinski definition) is 1. The van der Waals surface area contributed by atoms with E-state index in [0.29, 0.717) is 12.3 Å². The molecule has 1 N–H and O–H groups in total. The Labute approximate surface area is 122 Å². The first-order chi connectivity index (χ1) is 9.40. The maximum absolute atomic E-state index is 10.8. The fraction of sp³-hybridized carbons (Fsp3) is 0.368. The van der Waals surface area contributed by atoms with Crippen LogP contribution in [0.1, 0.15) is 48.9 Å². The van der Waals surface area contributed by atoms with Gasteiger partial charge in [-0.3, -0.25) is 0 Å². The Morgan fingerprint density at radius 3 is 2.15 bits per heavy atom. The van der Waals surface area contributed by atoms with Crippen LogP contribution >= 0.6 is 0 Å². The lowest BCUT2D eigenvalue weighted by Crippen LogP contribution is -2.25. The van der Waals surface area contributed by atoms with E-state index in [1.807, 2.05) is 38.1 Å². The predicted molar refractivity (Wildman–Crippen MR) is 85.0 cm³/mol. The van der Waals surface area contributed by atoms with Gasteiger partial charge in [-0.15, -0.1) is 0 Å². The molecular weight excluding hydrogens is 244 g/mol. The standard InChI is InChI=1S/C19H24O/c1-14(2)17-11-9-16(10-12-17)13-19(4,20)18-8-6-5-7-15(18)3/h5-12,14,20H,13H2,1-4H3. The van der Waals surface area contributed by atoms with E-state index in [9.17, 15) is 5.11 Å². The average molecular weight is 268 g/mol. The largest absolute Gasteiger partial charge is 0.385 e. The molecule has 0 aliphatic carbocycles. The van der Waals surface area contributed by atoms with Crippen LogP contribution in [0.2, 0.25) is 0 Å². The van der Waals surface area contributed by atoms with E-state index in [0.717, 1.165) is 11.1 Å². The molecule has 0 fully saturated rings. The lowest BCUT2D eigenvalue weighted by Gasteiger charge is -2.26. The number of aliphatic hydroxyl groups is 1. The van der Waals surface area contributed by atoms with Gasteiger partial charge in [0.15, 0.2) is 0 Å². The highest BCUT2D eigenvalue weighted by Crippen LogP contribution is 2.28. The van der Waals surface area contributed by atoms with Gasteiger partial charge in [0.2, 0.25) is 0 Å². The van der Waals surface area contributed by atoms with E-state index >= 15 is 0 Å². The Morgan fingerprint density at radius 2 is 1.60 bits per heavy atom. The Bertz CT molecular complexity index is 565. The molecule has 0 aliphatic heterocycles.